The summed E-state index contributed by atoms with van der Waals surface area (Å²) in [6.07, 6.45) is -14.3. The van der Waals surface area contributed by atoms with E-state index in [1.807, 2.05) is 0 Å². The van der Waals surface area contributed by atoms with Gasteiger partial charge >= 0.3 is 24.5 Å². The van der Waals surface area contributed by atoms with Crippen LogP contribution < -0.4 is 9.80 Å². The van der Waals surface area contributed by atoms with Crippen molar-refractivity contribution in [3.8, 4) is 0 Å². The van der Waals surface area contributed by atoms with E-state index in [-0.39, 0.29) is 54.9 Å². The number of benzene rings is 2. The van der Waals surface area contributed by atoms with E-state index in [1.165, 1.54) is 31.9 Å². The van der Waals surface area contributed by atoms with E-state index in [0.717, 1.165) is 10.9 Å². The summed E-state index contributed by atoms with van der Waals surface area (Å²) in [7, 11) is 1.40. The monoisotopic (exact) mass is 638 g/mol. The Morgan fingerprint density at radius 2 is 1.61 bits per heavy atom. The minimum absolute atomic E-state index is 0.0123. The fraction of sp³-hybridized carbons (Fsp3) is 0.481. The maximum atomic E-state index is 14.0. The number of esters is 1. The van der Waals surface area contributed by atoms with Crippen molar-refractivity contribution in [1.82, 2.24) is 20.2 Å². The highest BCUT2D eigenvalue weighted by Gasteiger charge is 2.39. The zero-order valence-corrected chi connectivity index (χ0v) is 23.6. The van der Waals surface area contributed by atoms with Crippen LogP contribution in [0.5, 0.6) is 0 Å². The lowest BCUT2D eigenvalue weighted by molar-refractivity contribution is -0.143. The molecule has 0 aliphatic carbocycles. The largest absolute Gasteiger partial charge is 0.464 e. The molecule has 3 aromatic rings. The zero-order chi connectivity index (χ0) is 32.6. The molecule has 8 nitrogen and oxygen atoms in total. The van der Waals surface area contributed by atoms with Crippen LogP contribution >= 0.6 is 0 Å². The van der Waals surface area contributed by atoms with Gasteiger partial charge in [-0.2, -0.15) is 44.3 Å². The molecule has 0 fully saturated rings. The molecule has 240 valence electrons. The molecule has 1 aliphatic rings. The number of ether oxygens (including phenoxy) is 1. The maximum Gasteiger partial charge on any atom is 0.416 e. The number of anilines is 2. The minimum Gasteiger partial charge on any atom is -0.464 e. The van der Waals surface area contributed by atoms with Crippen LogP contribution in [-0.2, 0) is 41.7 Å². The Balaban J connectivity index is 1.88. The number of hydrogen-bond donors (Lipinski definition) is 0. The second kappa shape index (κ2) is 12.1. The predicted octanol–water partition coefficient (Wildman–Crippen LogP) is 6.49. The standard InChI is InChI=1S/C27H27F9N6O2/c1-15-9-20-22(5-4-6-41(7-8-44-16(2)43)23(20)13-21(15)27(34,35)36)42(24-37-39-40(3)38-24)14-17-10-18(25(28,29)30)12-19(11-17)26(31,32)33/h9-13,22H,4-8,14H2,1-3H3/t22-/m0/s1. The molecule has 44 heavy (non-hydrogen) atoms. The van der Waals surface area contributed by atoms with Gasteiger partial charge in [0, 0.05) is 25.7 Å². The molecule has 0 bridgehead atoms. The molecule has 1 aromatic heterocycles. The quantitative estimate of drug-likeness (QED) is 0.217. The molecule has 17 heteroatoms. The van der Waals surface area contributed by atoms with Crippen LogP contribution in [0.3, 0.4) is 0 Å². The molecule has 2 aromatic carbocycles. The second-order valence-electron chi connectivity index (χ2n) is 10.3. The molecule has 0 saturated carbocycles. The predicted molar refractivity (Wildman–Crippen MR) is 138 cm³/mol. The zero-order valence-electron chi connectivity index (χ0n) is 23.6. The number of aryl methyl sites for hydroxylation is 2. The number of tetrazole rings is 1. The average molecular weight is 639 g/mol. The summed E-state index contributed by atoms with van der Waals surface area (Å²) in [4.78, 5) is 15.3. The summed E-state index contributed by atoms with van der Waals surface area (Å²) in [5, 5.41) is 11.8. The Morgan fingerprint density at radius 1 is 0.977 bits per heavy atom. The number of fused-ring (bicyclic) bond motifs is 1. The molecule has 0 radical (unpaired) electrons. The van der Waals surface area contributed by atoms with Crippen LogP contribution in [0, 0.1) is 6.92 Å². The van der Waals surface area contributed by atoms with Gasteiger partial charge in [0.1, 0.15) is 6.61 Å². The SMILES string of the molecule is CC(=O)OCCN1CCC[C@H](N(Cc2cc(C(F)(F)F)cc(C(F)(F)F)c2)c2nnn(C)n2)c2cc(C)c(C(F)(F)F)cc21. The van der Waals surface area contributed by atoms with E-state index < -0.39 is 53.8 Å². The molecular formula is C27H27F9N6O2. The number of nitrogens with zero attached hydrogens (tertiary/aromatic N) is 6. The molecule has 2 heterocycles. The number of hydrogen-bond acceptors (Lipinski definition) is 7. The highest BCUT2D eigenvalue weighted by atomic mass is 19.4. The Bertz CT molecular complexity index is 1470. The van der Waals surface area contributed by atoms with Gasteiger partial charge in [0.2, 0.25) is 0 Å². The van der Waals surface area contributed by atoms with Crippen molar-refractivity contribution in [2.75, 3.05) is 29.5 Å². The first-order valence-electron chi connectivity index (χ1n) is 13.2. The molecule has 1 atom stereocenters. The summed E-state index contributed by atoms with van der Waals surface area (Å²) < 4.78 is 129. The van der Waals surface area contributed by atoms with Crippen molar-refractivity contribution in [3.05, 3.63) is 63.7 Å². The summed E-state index contributed by atoms with van der Waals surface area (Å²) in [5.41, 5.74) is -4.05. The van der Waals surface area contributed by atoms with Crippen LogP contribution in [0.1, 0.15) is 59.2 Å². The molecule has 0 unspecified atom stereocenters. The van der Waals surface area contributed by atoms with E-state index in [9.17, 15) is 44.3 Å². The molecule has 0 N–H and O–H groups in total. The molecule has 0 amide bonds. The Hall–Kier alpha value is -4.05. The van der Waals surface area contributed by atoms with Gasteiger partial charge in [-0.3, -0.25) is 4.79 Å². The van der Waals surface area contributed by atoms with Gasteiger partial charge in [-0.25, -0.2) is 0 Å². The highest BCUT2D eigenvalue weighted by molar-refractivity contribution is 5.66. The third-order valence-electron chi connectivity index (χ3n) is 7.08. The first kappa shape index (κ1) is 32.9. The minimum atomic E-state index is -5.09. The Kier molecular flexibility index (Phi) is 9.07. The second-order valence-corrected chi connectivity index (χ2v) is 10.3. The molecular weight excluding hydrogens is 611 g/mol. The Morgan fingerprint density at radius 3 is 2.14 bits per heavy atom. The molecule has 0 saturated heterocycles. The molecule has 1 aliphatic heterocycles. The molecule has 4 rings (SSSR count). The van der Waals surface area contributed by atoms with Gasteiger partial charge in [-0.05, 0) is 65.9 Å². The van der Waals surface area contributed by atoms with Crippen molar-refractivity contribution in [3.63, 3.8) is 0 Å². The van der Waals surface area contributed by atoms with E-state index in [4.69, 9.17) is 4.74 Å². The lowest BCUT2D eigenvalue weighted by atomic mass is 9.94. The lowest BCUT2D eigenvalue weighted by Crippen LogP contribution is -2.31. The van der Waals surface area contributed by atoms with Crippen LogP contribution in [-0.4, -0.2) is 45.9 Å². The topological polar surface area (TPSA) is 76.4 Å². The van der Waals surface area contributed by atoms with E-state index in [0.29, 0.717) is 24.1 Å². The van der Waals surface area contributed by atoms with Crippen molar-refractivity contribution < 1.29 is 49.0 Å². The summed E-state index contributed by atoms with van der Waals surface area (Å²) >= 11 is 0. The third-order valence-corrected chi connectivity index (χ3v) is 7.08. The fourth-order valence-electron chi connectivity index (χ4n) is 5.19. The van der Waals surface area contributed by atoms with E-state index >= 15 is 0 Å². The summed E-state index contributed by atoms with van der Waals surface area (Å²) in [6.45, 7) is 1.99. The number of aromatic nitrogens is 4. The van der Waals surface area contributed by atoms with E-state index in [2.05, 4.69) is 15.4 Å². The van der Waals surface area contributed by atoms with Gasteiger partial charge in [0.05, 0.1) is 36.3 Å². The van der Waals surface area contributed by atoms with Crippen molar-refractivity contribution in [1.29, 1.82) is 0 Å². The number of rotatable bonds is 7. The number of carbonyl (C=O) groups excluding carboxylic acids is 1. The third kappa shape index (κ3) is 7.53. The van der Waals surface area contributed by atoms with Crippen LogP contribution in [0.4, 0.5) is 51.1 Å². The normalized spacial score (nSPS) is 16.0. The number of alkyl halides is 9. The first-order valence-corrected chi connectivity index (χ1v) is 13.2. The van der Waals surface area contributed by atoms with Crippen LogP contribution in [0.25, 0.3) is 0 Å². The van der Waals surface area contributed by atoms with Gasteiger partial charge in [-0.1, -0.05) is 11.2 Å². The maximum absolute atomic E-state index is 14.0. The van der Waals surface area contributed by atoms with Gasteiger partial charge < -0.3 is 14.5 Å². The average Bonchev–Trinajstić information content (AvgIpc) is 3.25. The van der Waals surface area contributed by atoms with Crippen LogP contribution in [0.2, 0.25) is 0 Å². The lowest BCUT2D eigenvalue weighted by Gasteiger charge is -2.33. The van der Waals surface area contributed by atoms with Crippen molar-refractivity contribution in [2.45, 2.75) is 57.8 Å². The van der Waals surface area contributed by atoms with E-state index in [1.54, 1.807) is 4.90 Å². The Labute approximate surface area is 245 Å². The van der Waals surface area contributed by atoms with Crippen LogP contribution in [0.15, 0.2) is 30.3 Å². The van der Waals surface area contributed by atoms with Crippen molar-refractivity contribution >= 4 is 17.6 Å². The number of carbonyl (C=O) groups is 1. The first-order chi connectivity index (χ1) is 20.3. The smallest absolute Gasteiger partial charge is 0.416 e. The summed E-state index contributed by atoms with van der Waals surface area (Å²) in [5.74, 6) is -0.739. The fourth-order valence-corrected chi connectivity index (χ4v) is 5.19. The van der Waals surface area contributed by atoms with Gasteiger partial charge in [0.15, 0.2) is 0 Å². The van der Waals surface area contributed by atoms with Gasteiger partial charge in [0.25, 0.3) is 5.95 Å². The van der Waals surface area contributed by atoms with Gasteiger partial charge in [-0.15, -0.1) is 5.10 Å². The molecule has 0 spiro atoms. The highest BCUT2D eigenvalue weighted by Crippen LogP contribution is 2.44. The summed E-state index contributed by atoms with van der Waals surface area (Å²) in [6, 6.07) is 2.53. The van der Waals surface area contributed by atoms with Crippen molar-refractivity contribution in [2.24, 2.45) is 7.05 Å². The number of halogens is 9.